The van der Waals surface area contributed by atoms with Crippen molar-refractivity contribution in [3.8, 4) is 0 Å². The molecule has 4 bridgehead atoms. The standard InChI is InChI=1S/C13H16BrN3OS/c14-13-4-8-1-9(5-13)3-12(2-8,6-13)10(18)16-11-17-15-7-19-11/h7-9H,1-6H2,(H,16,17,18). The Labute approximate surface area is 124 Å². The number of anilines is 1. The molecule has 4 saturated carbocycles. The van der Waals surface area contributed by atoms with Gasteiger partial charge < -0.3 is 5.32 Å². The van der Waals surface area contributed by atoms with Crippen LogP contribution >= 0.6 is 27.3 Å². The lowest BCUT2D eigenvalue weighted by atomic mass is 9.49. The molecule has 0 aromatic carbocycles. The fourth-order valence-electron chi connectivity index (χ4n) is 4.87. The molecule has 1 N–H and O–H groups in total. The maximum atomic E-state index is 12.7. The Bertz CT molecular complexity index is 504. The first-order valence-electron chi connectivity index (χ1n) is 6.84. The number of nitrogens with one attached hydrogen (secondary N) is 1. The third-order valence-electron chi connectivity index (χ3n) is 5.05. The Balaban J connectivity index is 1.61. The Hall–Kier alpha value is -0.490. The van der Waals surface area contributed by atoms with Gasteiger partial charge in [0, 0.05) is 4.32 Å². The first-order valence-corrected chi connectivity index (χ1v) is 8.51. The molecule has 102 valence electrons. The van der Waals surface area contributed by atoms with Crippen LogP contribution in [0.25, 0.3) is 0 Å². The van der Waals surface area contributed by atoms with Crippen LogP contribution in [0, 0.1) is 17.3 Å². The molecule has 0 radical (unpaired) electrons. The quantitative estimate of drug-likeness (QED) is 0.840. The molecule has 0 saturated heterocycles. The van der Waals surface area contributed by atoms with Crippen molar-refractivity contribution in [3.63, 3.8) is 0 Å². The second-order valence-electron chi connectivity index (χ2n) is 6.59. The maximum Gasteiger partial charge on any atom is 0.232 e. The first kappa shape index (κ1) is 12.3. The van der Waals surface area contributed by atoms with Crippen LogP contribution in [0.3, 0.4) is 0 Å². The molecule has 2 unspecified atom stereocenters. The second-order valence-corrected chi connectivity index (χ2v) is 9.11. The molecule has 1 heterocycles. The van der Waals surface area contributed by atoms with E-state index in [1.807, 2.05) is 0 Å². The summed E-state index contributed by atoms with van der Waals surface area (Å²) in [6.45, 7) is 0. The third kappa shape index (κ3) is 1.95. The fourth-order valence-corrected chi connectivity index (χ4v) is 6.77. The lowest BCUT2D eigenvalue weighted by molar-refractivity contribution is -0.138. The van der Waals surface area contributed by atoms with E-state index in [1.54, 1.807) is 5.51 Å². The van der Waals surface area contributed by atoms with E-state index in [1.165, 1.54) is 30.6 Å². The van der Waals surface area contributed by atoms with E-state index in [-0.39, 0.29) is 15.6 Å². The van der Waals surface area contributed by atoms with Gasteiger partial charge in [-0.15, -0.1) is 10.2 Å². The lowest BCUT2D eigenvalue weighted by Gasteiger charge is -2.59. The zero-order valence-corrected chi connectivity index (χ0v) is 13.0. The number of carbonyl (C=O) groups is 1. The van der Waals surface area contributed by atoms with Gasteiger partial charge in [-0.1, -0.05) is 27.3 Å². The lowest BCUT2D eigenvalue weighted by Crippen LogP contribution is -2.57. The Morgan fingerprint density at radius 3 is 2.68 bits per heavy atom. The summed E-state index contributed by atoms with van der Waals surface area (Å²) >= 11 is 5.32. The highest BCUT2D eigenvalue weighted by Gasteiger charge is 2.59. The van der Waals surface area contributed by atoms with Crippen LogP contribution in [-0.2, 0) is 4.79 Å². The van der Waals surface area contributed by atoms with Crippen molar-refractivity contribution in [2.45, 2.75) is 42.8 Å². The van der Waals surface area contributed by atoms with Gasteiger partial charge in [-0.2, -0.15) is 0 Å². The van der Waals surface area contributed by atoms with E-state index in [9.17, 15) is 4.79 Å². The first-order chi connectivity index (χ1) is 9.07. The van der Waals surface area contributed by atoms with E-state index >= 15 is 0 Å². The molecule has 4 aliphatic carbocycles. The second kappa shape index (κ2) is 4.01. The van der Waals surface area contributed by atoms with E-state index < -0.39 is 0 Å². The summed E-state index contributed by atoms with van der Waals surface area (Å²) < 4.78 is 0.218. The summed E-state index contributed by atoms with van der Waals surface area (Å²) in [6, 6.07) is 0. The number of hydrogen-bond donors (Lipinski definition) is 1. The smallest absolute Gasteiger partial charge is 0.232 e. The van der Waals surface area contributed by atoms with Crippen LogP contribution in [0.15, 0.2) is 5.51 Å². The fraction of sp³-hybridized carbons (Fsp3) is 0.769. The molecule has 4 fully saturated rings. The van der Waals surface area contributed by atoms with E-state index in [4.69, 9.17) is 0 Å². The van der Waals surface area contributed by atoms with Crippen molar-refractivity contribution in [1.29, 1.82) is 0 Å². The van der Waals surface area contributed by atoms with E-state index in [0.29, 0.717) is 5.13 Å². The SMILES string of the molecule is O=C(Nc1nncs1)C12CC3CC(CC(Br)(C3)C1)C2. The predicted molar refractivity (Wildman–Crippen MR) is 77.3 cm³/mol. The molecule has 2 atom stereocenters. The molecular formula is C13H16BrN3OS. The molecule has 6 heteroatoms. The molecule has 19 heavy (non-hydrogen) atoms. The molecule has 4 nitrogen and oxygen atoms in total. The van der Waals surface area contributed by atoms with Gasteiger partial charge in [0.05, 0.1) is 5.41 Å². The van der Waals surface area contributed by atoms with Crippen LogP contribution in [0.5, 0.6) is 0 Å². The molecule has 5 rings (SSSR count). The summed E-state index contributed by atoms with van der Waals surface area (Å²) in [4.78, 5) is 12.7. The zero-order valence-electron chi connectivity index (χ0n) is 10.6. The van der Waals surface area contributed by atoms with Crippen molar-refractivity contribution in [2.24, 2.45) is 17.3 Å². The summed E-state index contributed by atoms with van der Waals surface area (Å²) in [5.74, 6) is 1.61. The topological polar surface area (TPSA) is 54.9 Å². The van der Waals surface area contributed by atoms with E-state index in [2.05, 4.69) is 31.4 Å². The third-order valence-corrected chi connectivity index (χ3v) is 6.59. The van der Waals surface area contributed by atoms with Gasteiger partial charge in [0.15, 0.2) is 0 Å². The number of carbonyl (C=O) groups excluding carboxylic acids is 1. The predicted octanol–water partition coefficient (Wildman–Crippen LogP) is 3.21. The number of aromatic nitrogens is 2. The van der Waals surface area contributed by atoms with Crippen molar-refractivity contribution in [2.75, 3.05) is 5.32 Å². The van der Waals surface area contributed by atoms with Gasteiger partial charge >= 0.3 is 0 Å². The van der Waals surface area contributed by atoms with Crippen LogP contribution < -0.4 is 5.32 Å². The summed E-state index contributed by atoms with van der Waals surface area (Å²) in [6.07, 6.45) is 6.91. The average Bonchev–Trinajstić information content (AvgIpc) is 2.78. The van der Waals surface area contributed by atoms with Crippen LogP contribution in [-0.4, -0.2) is 20.4 Å². The number of alkyl halides is 1. The molecule has 1 amide bonds. The average molecular weight is 342 g/mol. The van der Waals surface area contributed by atoms with Crippen molar-refractivity contribution in [3.05, 3.63) is 5.51 Å². The largest absolute Gasteiger partial charge is 0.300 e. The van der Waals surface area contributed by atoms with Crippen LogP contribution in [0.2, 0.25) is 0 Å². The number of rotatable bonds is 2. The van der Waals surface area contributed by atoms with Crippen molar-refractivity contribution in [1.82, 2.24) is 10.2 Å². The Morgan fingerprint density at radius 1 is 1.37 bits per heavy atom. The summed E-state index contributed by atoms with van der Waals surface area (Å²) in [5.41, 5.74) is 1.49. The van der Waals surface area contributed by atoms with Gasteiger partial charge in [-0.3, -0.25) is 4.79 Å². The molecular weight excluding hydrogens is 326 g/mol. The highest BCUT2D eigenvalue weighted by atomic mass is 79.9. The highest BCUT2D eigenvalue weighted by Crippen LogP contribution is 2.64. The molecule has 1 aromatic heterocycles. The van der Waals surface area contributed by atoms with Gasteiger partial charge in [-0.25, -0.2) is 0 Å². The normalized spacial score (nSPS) is 43.4. The minimum atomic E-state index is -0.167. The molecule has 0 spiro atoms. The van der Waals surface area contributed by atoms with E-state index in [0.717, 1.165) is 31.1 Å². The van der Waals surface area contributed by atoms with Crippen LogP contribution in [0.4, 0.5) is 5.13 Å². The number of halogens is 1. The van der Waals surface area contributed by atoms with Gasteiger partial charge in [-0.05, 0) is 50.4 Å². The summed E-state index contributed by atoms with van der Waals surface area (Å²) in [5, 5.41) is 11.3. The Kier molecular flexibility index (Phi) is 2.59. The number of hydrogen-bond acceptors (Lipinski definition) is 4. The molecule has 0 aliphatic heterocycles. The monoisotopic (exact) mass is 341 g/mol. The summed E-state index contributed by atoms with van der Waals surface area (Å²) in [7, 11) is 0. The highest BCUT2D eigenvalue weighted by molar-refractivity contribution is 9.10. The van der Waals surface area contributed by atoms with Gasteiger partial charge in [0.25, 0.3) is 0 Å². The zero-order chi connectivity index (χ0) is 13.1. The Morgan fingerprint density at radius 2 is 2.11 bits per heavy atom. The number of nitrogens with zero attached hydrogens (tertiary/aromatic N) is 2. The molecule has 4 aliphatic rings. The molecule has 1 aromatic rings. The minimum absolute atomic E-state index is 0.167. The van der Waals surface area contributed by atoms with Crippen molar-refractivity contribution < 1.29 is 4.79 Å². The van der Waals surface area contributed by atoms with Gasteiger partial charge in [0.2, 0.25) is 11.0 Å². The minimum Gasteiger partial charge on any atom is -0.300 e. The van der Waals surface area contributed by atoms with Crippen molar-refractivity contribution >= 4 is 38.3 Å². The van der Waals surface area contributed by atoms with Crippen LogP contribution in [0.1, 0.15) is 38.5 Å². The van der Waals surface area contributed by atoms with Gasteiger partial charge in [0.1, 0.15) is 5.51 Å². The maximum absolute atomic E-state index is 12.7. The number of amides is 1.